The van der Waals surface area contributed by atoms with Gasteiger partial charge in [0.05, 0.1) is 16.4 Å². The molecule has 0 aliphatic heterocycles. The molecule has 0 heterocycles. The molecule has 0 bridgehead atoms. The van der Waals surface area contributed by atoms with Crippen LogP contribution in [0, 0.1) is 0 Å². The lowest BCUT2D eigenvalue weighted by Gasteiger charge is -2.08. The van der Waals surface area contributed by atoms with Crippen molar-refractivity contribution in [3.63, 3.8) is 0 Å². The van der Waals surface area contributed by atoms with E-state index in [9.17, 15) is 16.8 Å². The molecule has 9 heteroatoms. The van der Waals surface area contributed by atoms with E-state index < -0.39 is 20.2 Å². The van der Waals surface area contributed by atoms with Crippen LogP contribution in [0.2, 0.25) is 0 Å². The van der Waals surface area contributed by atoms with E-state index in [1.807, 2.05) is 0 Å². The lowest BCUT2D eigenvalue weighted by atomic mass is 10.0. The molecular formula is C28H42O7S2. The van der Waals surface area contributed by atoms with E-state index >= 15 is 0 Å². The molecule has 2 rings (SSSR count). The molecule has 0 atom stereocenters. The summed E-state index contributed by atoms with van der Waals surface area (Å²) in [7, 11) is -8.11. The zero-order chi connectivity index (χ0) is 27.0. The number of ether oxygens (including phenoxy) is 1. The van der Waals surface area contributed by atoms with Gasteiger partial charge in [-0.25, -0.2) is 0 Å². The van der Waals surface area contributed by atoms with Crippen LogP contribution in [0.15, 0.2) is 58.3 Å². The van der Waals surface area contributed by atoms with E-state index in [1.165, 1.54) is 119 Å². The highest BCUT2D eigenvalue weighted by Crippen LogP contribution is 2.25. The predicted molar refractivity (Wildman–Crippen MR) is 146 cm³/mol. The first-order chi connectivity index (χ1) is 17.7. The van der Waals surface area contributed by atoms with E-state index in [0.717, 1.165) is 12.8 Å². The molecule has 2 aromatic carbocycles. The minimum Gasteiger partial charge on any atom is -0.457 e. The standard InChI is InChI=1S/C28H42O7S2/c1-2-3-4-5-6-7-8-9-10-11-12-13-14-15-24-34-37(32,33)28-22-18-26(19-23-28)35-25-16-20-27(21-17-25)36(29,30)31/h16-23H,2-15,24H2,1H3,(H,29,30,31). The average molecular weight is 555 g/mol. The molecule has 0 aliphatic carbocycles. The SMILES string of the molecule is CCCCCCCCCCCCCCCCOS(=O)(=O)c1ccc(Oc2ccc(S(=O)(=O)O)cc2)cc1. The predicted octanol–water partition coefficient (Wildman–Crippen LogP) is 7.91. The van der Waals surface area contributed by atoms with Gasteiger partial charge in [0.2, 0.25) is 0 Å². The first-order valence-electron chi connectivity index (χ1n) is 13.5. The second-order valence-corrected chi connectivity index (χ2v) is 12.4. The van der Waals surface area contributed by atoms with Gasteiger partial charge in [0.25, 0.3) is 20.2 Å². The Labute approximate surface area is 223 Å². The summed E-state index contributed by atoms with van der Waals surface area (Å²) in [6.07, 6.45) is 17.3. The number of benzene rings is 2. The van der Waals surface area contributed by atoms with Crippen molar-refractivity contribution < 1.29 is 30.3 Å². The maximum Gasteiger partial charge on any atom is 0.296 e. The Morgan fingerprint density at radius 3 is 1.35 bits per heavy atom. The second-order valence-electron chi connectivity index (χ2n) is 9.39. The normalized spacial score (nSPS) is 12.1. The van der Waals surface area contributed by atoms with Crippen molar-refractivity contribution in [2.75, 3.05) is 6.61 Å². The molecular weight excluding hydrogens is 512 g/mol. The molecule has 0 saturated carbocycles. The van der Waals surface area contributed by atoms with Crippen LogP contribution >= 0.6 is 0 Å². The summed E-state index contributed by atoms with van der Waals surface area (Å²) in [5.74, 6) is 0.725. The van der Waals surface area contributed by atoms with E-state index in [1.54, 1.807) is 0 Å². The Morgan fingerprint density at radius 2 is 0.946 bits per heavy atom. The Hall–Kier alpha value is -1.94. The molecule has 0 fully saturated rings. The fourth-order valence-corrected chi connectivity index (χ4v) is 5.45. The van der Waals surface area contributed by atoms with Crippen LogP contribution in [0.5, 0.6) is 11.5 Å². The van der Waals surface area contributed by atoms with Gasteiger partial charge < -0.3 is 4.74 Å². The third kappa shape index (κ3) is 12.9. The van der Waals surface area contributed by atoms with Crippen molar-refractivity contribution in [2.45, 2.75) is 107 Å². The molecule has 0 spiro atoms. The molecule has 37 heavy (non-hydrogen) atoms. The molecule has 208 valence electrons. The first kappa shape index (κ1) is 31.3. The van der Waals surface area contributed by atoms with E-state index in [-0.39, 0.29) is 16.4 Å². The molecule has 1 N–H and O–H groups in total. The molecule has 0 aliphatic rings. The van der Waals surface area contributed by atoms with Crippen LogP contribution < -0.4 is 4.74 Å². The fourth-order valence-electron chi connectivity index (χ4n) is 4.02. The maximum atomic E-state index is 12.4. The molecule has 0 saturated heterocycles. The molecule has 0 aromatic heterocycles. The summed E-state index contributed by atoms with van der Waals surface area (Å²) in [6.45, 7) is 2.41. The van der Waals surface area contributed by atoms with Gasteiger partial charge in [-0.15, -0.1) is 0 Å². The van der Waals surface area contributed by atoms with Crippen molar-refractivity contribution in [1.29, 1.82) is 0 Å². The van der Waals surface area contributed by atoms with Crippen LogP contribution in [0.25, 0.3) is 0 Å². The minimum atomic E-state index is -4.27. The van der Waals surface area contributed by atoms with Crippen LogP contribution in [-0.4, -0.2) is 28.0 Å². The summed E-state index contributed by atoms with van der Waals surface area (Å²) >= 11 is 0. The second kappa shape index (κ2) is 16.8. The van der Waals surface area contributed by atoms with E-state index in [0.29, 0.717) is 17.9 Å². The van der Waals surface area contributed by atoms with Crippen molar-refractivity contribution >= 4 is 20.2 Å². The summed E-state index contributed by atoms with van der Waals surface area (Å²) < 4.78 is 66.8. The number of unbranched alkanes of at least 4 members (excludes halogenated alkanes) is 13. The van der Waals surface area contributed by atoms with Gasteiger partial charge in [-0.2, -0.15) is 16.8 Å². The van der Waals surface area contributed by atoms with Gasteiger partial charge in [-0.05, 0) is 55.0 Å². The van der Waals surface area contributed by atoms with Crippen molar-refractivity contribution in [3.8, 4) is 11.5 Å². The summed E-state index contributed by atoms with van der Waals surface area (Å²) in [5.41, 5.74) is 0. The highest BCUT2D eigenvalue weighted by Gasteiger charge is 2.15. The fraction of sp³-hybridized carbons (Fsp3) is 0.571. The van der Waals surface area contributed by atoms with E-state index in [2.05, 4.69) is 6.92 Å². The monoisotopic (exact) mass is 554 g/mol. The summed E-state index contributed by atoms with van der Waals surface area (Å²) in [6, 6.07) is 11.0. The first-order valence-corrected chi connectivity index (χ1v) is 16.3. The average Bonchev–Trinajstić information content (AvgIpc) is 2.86. The van der Waals surface area contributed by atoms with E-state index in [4.69, 9.17) is 13.5 Å². The third-order valence-electron chi connectivity index (χ3n) is 6.21. The Bertz CT molecular complexity index is 1090. The Morgan fingerprint density at radius 1 is 0.568 bits per heavy atom. The largest absolute Gasteiger partial charge is 0.457 e. The smallest absolute Gasteiger partial charge is 0.296 e. The quantitative estimate of drug-likeness (QED) is 0.101. The third-order valence-corrected chi connectivity index (χ3v) is 8.40. The molecule has 2 aromatic rings. The van der Waals surface area contributed by atoms with Gasteiger partial charge in [0.15, 0.2) is 0 Å². The maximum absolute atomic E-state index is 12.4. The lowest BCUT2D eigenvalue weighted by molar-refractivity contribution is 0.306. The van der Waals surface area contributed by atoms with Gasteiger partial charge in [-0.3, -0.25) is 8.74 Å². The van der Waals surface area contributed by atoms with Gasteiger partial charge >= 0.3 is 0 Å². The van der Waals surface area contributed by atoms with Crippen molar-refractivity contribution in [3.05, 3.63) is 48.5 Å². The zero-order valence-electron chi connectivity index (χ0n) is 21.9. The molecule has 0 radical (unpaired) electrons. The number of hydrogen-bond donors (Lipinski definition) is 1. The summed E-state index contributed by atoms with van der Waals surface area (Å²) in [5, 5.41) is 0. The van der Waals surface area contributed by atoms with Gasteiger partial charge in [0.1, 0.15) is 11.5 Å². The highest BCUT2D eigenvalue weighted by molar-refractivity contribution is 7.86. The van der Waals surface area contributed by atoms with Crippen molar-refractivity contribution in [1.82, 2.24) is 0 Å². The molecule has 7 nitrogen and oxygen atoms in total. The van der Waals surface area contributed by atoms with Crippen LogP contribution in [0.3, 0.4) is 0 Å². The van der Waals surface area contributed by atoms with Gasteiger partial charge in [0, 0.05) is 0 Å². The van der Waals surface area contributed by atoms with Crippen LogP contribution in [-0.2, 0) is 24.4 Å². The van der Waals surface area contributed by atoms with Crippen LogP contribution in [0.1, 0.15) is 96.8 Å². The summed E-state index contributed by atoms with van der Waals surface area (Å²) in [4.78, 5) is -0.191. The molecule has 0 unspecified atom stereocenters. The lowest BCUT2D eigenvalue weighted by Crippen LogP contribution is -2.07. The van der Waals surface area contributed by atoms with Crippen LogP contribution in [0.4, 0.5) is 0 Å². The Balaban J connectivity index is 1.58. The topological polar surface area (TPSA) is 107 Å². The molecule has 0 amide bonds. The zero-order valence-corrected chi connectivity index (χ0v) is 23.6. The van der Waals surface area contributed by atoms with Gasteiger partial charge in [-0.1, -0.05) is 90.4 Å². The number of rotatable bonds is 20. The Kier molecular flexibility index (Phi) is 14.2. The van der Waals surface area contributed by atoms with Crippen molar-refractivity contribution in [2.24, 2.45) is 0 Å². The highest BCUT2D eigenvalue weighted by atomic mass is 32.2. The number of hydrogen-bond acceptors (Lipinski definition) is 6. The minimum absolute atomic E-state index is 0.0481.